The molecule has 0 spiro atoms. The van der Waals surface area contributed by atoms with E-state index < -0.39 is 0 Å². The van der Waals surface area contributed by atoms with Gasteiger partial charge in [0.1, 0.15) is 5.82 Å². The van der Waals surface area contributed by atoms with E-state index in [1.165, 1.54) is 0 Å². The average Bonchev–Trinajstić information content (AvgIpc) is 2.56. The fraction of sp³-hybridized carbons (Fsp3) is 0.500. The molecule has 0 saturated heterocycles. The Morgan fingerprint density at radius 3 is 2.41 bits per heavy atom. The van der Waals surface area contributed by atoms with E-state index in [1.54, 1.807) is 0 Å². The third-order valence-electron chi connectivity index (χ3n) is 4.76. The number of benzene rings is 1. The van der Waals surface area contributed by atoms with Gasteiger partial charge in [0, 0.05) is 10.9 Å². The summed E-state index contributed by atoms with van der Waals surface area (Å²) in [6.45, 7) is 9.21. The lowest BCUT2D eigenvalue weighted by Crippen LogP contribution is -1.95. The fourth-order valence-corrected chi connectivity index (χ4v) is 3.19. The molecular weight excluding hydrogens is 232 g/mol. The molecule has 0 aliphatic heterocycles. The van der Waals surface area contributed by atoms with Gasteiger partial charge in [0.15, 0.2) is 0 Å². The molecular formula is C14H17ClN2. The molecule has 2 nitrogen and oxygen atoms in total. The molecule has 0 radical (unpaired) electrons. The summed E-state index contributed by atoms with van der Waals surface area (Å²) in [4.78, 5) is 8.11. The van der Waals surface area contributed by atoms with Gasteiger partial charge in [-0.1, -0.05) is 39.3 Å². The largest absolute Gasteiger partial charge is 0.342 e. The zero-order valence-electron chi connectivity index (χ0n) is 10.6. The predicted octanol–water partition coefficient (Wildman–Crippen LogP) is 4.37. The zero-order valence-corrected chi connectivity index (χ0v) is 11.4. The third-order valence-corrected chi connectivity index (χ3v) is 4.99. The minimum absolute atomic E-state index is 0.310. The van der Waals surface area contributed by atoms with Crippen molar-refractivity contribution in [2.24, 2.45) is 10.8 Å². The topological polar surface area (TPSA) is 28.7 Å². The monoisotopic (exact) mass is 248 g/mol. The van der Waals surface area contributed by atoms with E-state index in [1.807, 2.05) is 18.2 Å². The average molecular weight is 249 g/mol. The van der Waals surface area contributed by atoms with E-state index in [2.05, 4.69) is 32.7 Å². The van der Waals surface area contributed by atoms with Crippen LogP contribution in [0.2, 0.25) is 5.02 Å². The predicted molar refractivity (Wildman–Crippen MR) is 71.4 cm³/mol. The van der Waals surface area contributed by atoms with Crippen molar-refractivity contribution in [2.45, 2.75) is 33.6 Å². The van der Waals surface area contributed by atoms with E-state index in [0.717, 1.165) is 21.9 Å². The standard InChI is InChI=1S/C14H17ClN2/c1-13(2)11(14(13,3)4)12-16-9-6-5-8(15)7-10(9)17-12/h5-7,11H,1-4H3,(H,16,17). The first-order valence-electron chi connectivity index (χ1n) is 5.99. The van der Waals surface area contributed by atoms with Crippen LogP contribution in [0.3, 0.4) is 0 Å². The number of aromatic nitrogens is 2. The molecule has 3 heteroatoms. The van der Waals surface area contributed by atoms with Gasteiger partial charge in [-0.05, 0) is 29.0 Å². The molecule has 0 amide bonds. The maximum absolute atomic E-state index is 5.99. The van der Waals surface area contributed by atoms with Gasteiger partial charge >= 0.3 is 0 Å². The van der Waals surface area contributed by atoms with Gasteiger partial charge in [-0.2, -0.15) is 0 Å². The highest BCUT2D eigenvalue weighted by Crippen LogP contribution is 2.73. The van der Waals surface area contributed by atoms with Crippen LogP contribution >= 0.6 is 11.6 Å². The molecule has 1 N–H and O–H groups in total. The van der Waals surface area contributed by atoms with Gasteiger partial charge in [-0.15, -0.1) is 0 Å². The normalized spacial score (nSPS) is 21.9. The van der Waals surface area contributed by atoms with Crippen LogP contribution in [0, 0.1) is 10.8 Å². The van der Waals surface area contributed by atoms with E-state index >= 15 is 0 Å². The Kier molecular flexibility index (Phi) is 1.99. The Bertz CT molecular complexity index is 581. The summed E-state index contributed by atoms with van der Waals surface area (Å²) in [6.07, 6.45) is 0. The van der Waals surface area contributed by atoms with Crippen LogP contribution in [-0.4, -0.2) is 9.97 Å². The first-order chi connectivity index (χ1) is 7.84. The second-order valence-electron chi connectivity index (χ2n) is 6.16. The molecule has 1 heterocycles. The molecule has 1 fully saturated rings. The molecule has 0 bridgehead atoms. The Morgan fingerprint density at radius 1 is 1.18 bits per heavy atom. The van der Waals surface area contributed by atoms with Crippen LogP contribution in [-0.2, 0) is 0 Å². The lowest BCUT2D eigenvalue weighted by Gasteiger charge is -2.03. The molecule has 1 aliphatic rings. The van der Waals surface area contributed by atoms with Crippen LogP contribution in [0.1, 0.15) is 39.4 Å². The van der Waals surface area contributed by atoms with Gasteiger partial charge < -0.3 is 4.98 Å². The molecule has 17 heavy (non-hydrogen) atoms. The summed E-state index contributed by atoms with van der Waals surface area (Å²) in [5.41, 5.74) is 2.66. The Balaban J connectivity index is 2.09. The second-order valence-corrected chi connectivity index (χ2v) is 6.60. The third kappa shape index (κ3) is 1.37. The summed E-state index contributed by atoms with van der Waals surface area (Å²) in [5, 5.41) is 0.752. The van der Waals surface area contributed by atoms with Gasteiger partial charge in [-0.25, -0.2) is 4.98 Å². The summed E-state index contributed by atoms with van der Waals surface area (Å²) in [7, 11) is 0. The highest BCUT2D eigenvalue weighted by Gasteiger charge is 2.66. The highest BCUT2D eigenvalue weighted by molar-refractivity contribution is 6.31. The van der Waals surface area contributed by atoms with Gasteiger partial charge in [-0.3, -0.25) is 0 Å². The van der Waals surface area contributed by atoms with E-state index in [0.29, 0.717) is 16.7 Å². The minimum Gasteiger partial charge on any atom is -0.342 e. The van der Waals surface area contributed by atoms with Crippen molar-refractivity contribution in [3.63, 3.8) is 0 Å². The van der Waals surface area contributed by atoms with Gasteiger partial charge in [0.25, 0.3) is 0 Å². The number of aromatic amines is 1. The summed E-state index contributed by atoms with van der Waals surface area (Å²) >= 11 is 5.99. The van der Waals surface area contributed by atoms with E-state index in [9.17, 15) is 0 Å². The van der Waals surface area contributed by atoms with Crippen molar-refractivity contribution in [3.05, 3.63) is 29.0 Å². The summed E-state index contributed by atoms with van der Waals surface area (Å²) < 4.78 is 0. The molecule has 0 unspecified atom stereocenters. The number of H-pyrrole nitrogens is 1. The molecule has 3 rings (SSSR count). The zero-order chi connectivity index (χ0) is 12.4. The number of rotatable bonds is 1. The van der Waals surface area contributed by atoms with Gasteiger partial charge in [0.05, 0.1) is 11.0 Å². The summed E-state index contributed by atoms with van der Waals surface area (Å²) in [5.74, 6) is 1.60. The Morgan fingerprint density at radius 2 is 1.82 bits per heavy atom. The number of nitrogens with zero attached hydrogens (tertiary/aromatic N) is 1. The van der Waals surface area contributed by atoms with Crippen molar-refractivity contribution in [1.82, 2.24) is 9.97 Å². The Hall–Kier alpha value is -1.02. The van der Waals surface area contributed by atoms with Gasteiger partial charge in [0.2, 0.25) is 0 Å². The Labute approximate surface area is 106 Å². The number of hydrogen-bond donors (Lipinski definition) is 1. The molecule has 1 aromatic heterocycles. The number of fused-ring (bicyclic) bond motifs is 1. The number of halogens is 1. The van der Waals surface area contributed by atoms with Crippen LogP contribution in [0.15, 0.2) is 18.2 Å². The van der Waals surface area contributed by atoms with E-state index in [-0.39, 0.29) is 0 Å². The number of hydrogen-bond acceptors (Lipinski definition) is 1. The molecule has 0 atom stereocenters. The van der Waals surface area contributed by atoms with Crippen molar-refractivity contribution in [1.29, 1.82) is 0 Å². The molecule has 1 aliphatic carbocycles. The highest BCUT2D eigenvalue weighted by atomic mass is 35.5. The molecule has 2 aromatic rings. The van der Waals surface area contributed by atoms with Crippen molar-refractivity contribution < 1.29 is 0 Å². The minimum atomic E-state index is 0.310. The molecule has 1 aromatic carbocycles. The van der Waals surface area contributed by atoms with Crippen LogP contribution in [0.25, 0.3) is 11.0 Å². The first-order valence-corrected chi connectivity index (χ1v) is 6.37. The number of imidazole rings is 1. The maximum Gasteiger partial charge on any atom is 0.111 e. The van der Waals surface area contributed by atoms with E-state index in [4.69, 9.17) is 16.6 Å². The van der Waals surface area contributed by atoms with Crippen LogP contribution < -0.4 is 0 Å². The quantitative estimate of drug-likeness (QED) is 0.798. The lowest BCUT2D eigenvalue weighted by molar-refractivity contribution is 0.457. The maximum atomic E-state index is 5.99. The van der Waals surface area contributed by atoms with Crippen molar-refractivity contribution >= 4 is 22.6 Å². The van der Waals surface area contributed by atoms with Crippen molar-refractivity contribution in [3.8, 4) is 0 Å². The second kappa shape index (κ2) is 3.05. The van der Waals surface area contributed by atoms with Crippen LogP contribution in [0.4, 0.5) is 0 Å². The SMILES string of the molecule is CC1(C)C(c2nc3ccc(Cl)cc3[nH]2)C1(C)C. The van der Waals surface area contributed by atoms with Crippen LogP contribution in [0.5, 0.6) is 0 Å². The lowest BCUT2D eigenvalue weighted by atomic mass is 10.0. The van der Waals surface area contributed by atoms with Crippen molar-refractivity contribution in [2.75, 3.05) is 0 Å². The smallest absolute Gasteiger partial charge is 0.111 e. The fourth-order valence-electron chi connectivity index (χ4n) is 3.02. The molecule has 1 saturated carbocycles. The summed E-state index contributed by atoms with van der Waals surface area (Å²) in [6, 6.07) is 5.80. The number of nitrogens with one attached hydrogen (secondary N) is 1. The first kappa shape index (κ1) is 11.1. The molecule has 90 valence electrons.